The summed E-state index contributed by atoms with van der Waals surface area (Å²) in [5.74, 6) is 1.74. The summed E-state index contributed by atoms with van der Waals surface area (Å²) in [5, 5.41) is 3.59. The second kappa shape index (κ2) is 8.90. The molecule has 1 aliphatic heterocycles. The maximum atomic E-state index is 5.41. The third-order valence-corrected chi connectivity index (χ3v) is 3.82. The van der Waals surface area contributed by atoms with Gasteiger partial charge in [-0.05, 0) is 63.3 Å². The molecule has 4 heteroatoms. The predicted molar refractivity (Wildman–Crippen MR) is 84.1 cm³/mol. The first-order valence-electron chi connectivity index (χ1n) is 7.90. The minimum absolute atomic E-state index is 0.347. The Balaban J connectivity index is 1.59. The first-order chi connectivity index (χ1) is 10.3. The number of hydrogen-bond acceptors (Lipinski definition) is 4. The van der Waals surface area contributed by atoms with Crippen LogP contribution in [-0.4, -0.2) is 33.1 Å². The Bertz CT molecular complexity index is 422. The van der Waals surface area contributed by atoms with E-state index < -0.39 is 0 Å². The number of aryl methyl sites for hydroxylation is 1. The molecule has 0 radical (unpaired) electrons. The van der Waals surface area contributed by atoms with Gasteiger partial charge < -0.3 is 19.5 Å². The van der Waals surface area contributed by atoms with Crippen LogP contribution in [0.3, 0.4) is 0 Å². The van der Waals surface area contributed by atoms with Gasteiger partial charge in [0, 0.05) is 19.8 Å². The second-order valence-electron chi connectivity index (χ2n) is 5.63. The Morgan fingerprint density at radius 3 is 2.90 bits per heavy atom. The zero-order valence-electron chi connectivity index (χ0n) is 13.2. The van der Waals surface area contributed by atoms with E-state index in [0.29, 0.717) is 12.8 Å². The van der Waals surface area contributed by atoms with Crippen molar-refractivity contribution in [1.82, 2.24) is 5.32 Å². The van der Waals surface area contributed by atoms with Crippen LogP contribution >= 0.6 is 0 Å². The third-order valence-electron chi connectivity index (χ3n) is 3.82. The van der Waals surface area contributed by atoms with E-state index in [-0.39, 0.29) is 0 Å². The molecular weight excluding hydrogens is 266 g/mol. The summed E-state index contributed by atoms with van der Waals surface area (Å²) in [6.45, 7) is 4.56. The molecule has 0 amide bonds. The topological polar surface area (TPSA) is 39.7 Å². The number of benzene rings is 1. The maximum absolute atomic E-state index is 5.41. The first-order valence-corrected chi connectivity index (χ1v) is 7.90. The van der Waals surface area contributed by atoms with E-state index in [4.69, 9.17) is 14.2 Å². The van der Waals surface area contributed by atoms with Crippen LogP contribution in [0.1, 0.15) is 38.2 Å². The molecule has 4 nitrogen and oxygen atoms in total. The molecule has 1 aromatic rings. The number of rotatable bonds is 10. The van der Waals surface area contributed by atoms with E-state index in [1.165, 1.54) is 18.4 Å². The van der Waals surface area contributed by atoms with Gasteiger partial charge in [-0.3, -0.25) is 0 Å². The fourth-order valence-corrected chi connectivity index (χ4v) is 2.48. The van der Waals surface area contributed by atoms with Crippen molar-refractivity contribution in [3.63, 3.8) is 0 Å². The summed E-state index contributed by atoms with van der Waals surface area (Å²) in [5.41, 5.74) is 1.31. The number of unbranched alkanes of at least 4 members (excludes halogenated alkanes) is 2. The third kappa shape index (κ3) is 5.56. The average Bonchev–Trinajstić information content (AvgIpc) is 2.96. The van der Waals surface area contributed by atoms with Gasteiger partial charge in [-0.2, -0.15) is 0 Å². The van der Waals surface area contributed by atoms with Crippen LogP contribution in [0, 0.1) is 0 Å². The van der Waals surface area contributed by atoms with E-state index in [2.05, 4.69) is 24.4 Å². The molecule has 1 aromatic carbocycles. The Labute approximate surface area is 127 Å². The largest absolute Gasteiger partial charge is 0.454 e. The van der Waals surface area contributed by atoms with Crippen LogP contribution in [0.2, 0.25) is 0 Å². The SMILES string of the molecule is COCCCCCNC(C)CCc1ccc2c(c1)OCO2. The minimum Gasteiger partial charge on any atom is -0.454 e. The molecule has 1 atom stereocenters. The lowest BCUT2D eigenvalue weighted by Gasteiger charge is -2.14. The van der Waals surface area contributed by atoms with E-state index in [0.717, 1.165) is 43.9 Å². The zero-order valence-corrected chi connectivity index (χ0v) is 13.2. The van der Waals surface area contributed by atoms with Crippen molar-refractivity contribution in [3.05, 3.63) is 23.8 Å². The second-order valence-corrected chi connectivity index (χ2v) is 5.63. The Morgan fingerprint density at radius 1 is 1.19 bits per heavy atom. The quantitative estimate of drug-likeness (QED) is 0.673. The highest BCUT2D eigenvalue weighted by Crippen LogP contribution is 2.32. The summed E-state index contributed by atoms with van der Waals surface area (Å²) in [6.07, 6.45) is 5.81. The Hall–Kier alpha value is -1.26. The number of ether oxygens (including phenoxy) is 3. The van der Waals surface area contributed by atoms with Crippen LogP contribution in [0.4, 0.5) is 0 Å². The van der Waals surface area contributed by atoms with Crippen molar-refractivity contribution in [2.75, 3.05) is 27.1 Å². The van der Waals surface area contributed by atoms with Crippen LogP contribution in [-0.2, 0) is 11.2 Å². The molecule has 118 valence electrons. The van der Waals surface area contributed by atoms with Gasteiger partial charge in [-0.1, -0.05) is 6.07 Å². The van der Waals surface area contributed by atoms with Crippen molar-refractivity contribution in [3.8, 4) is 11.5 Å². The molecule has 1 aliphatic rings. The lowest BCUT2D eigenvalue weighted by Crippen LogP contribution is -2.27. The van der Waals surface area contributed by atoms with Gasteiger partial charge in [0.15, 0.2) is 11.5 Å². The van der Waals surface area contributed by atoms with Gasteiger partial charge in [0.1, 0.15) is 0 Å². The summed E-state index contributed by atoms with van der Waals surface area (Å²) in [6, 6.07) is 6.77. The summed E-state index contributed by atoms with van der Waals surface area (Å²) in [4.78, 5) is 0. The smallest absolute Gasteiger partial charge is 0.231 e. The van der Waals surface area contributed by atoms with Gasteiger partial charge in [0.25, 0.3) is 0 Å². The molecule has 1 N–H and O–H groups in total. The van der Waals surface area contributed by atoms with E-state index in [9.17, 15) is 0 Å². The van der Waals surface area contributed by atoms with Crippen LogP contribution in [0.25, 0.3) is 0 Å². The maximum Gasteiger partial charge on any atom is 0.231 e. The summed E-state index contributed by atoms with van der Waals surface area (Å²) < 4.78 is 15.8. The molecule has 1 unspecified atom stereocenters. The molecule has 21 heavy (non-hydrogen) atoms. The average molecular weight is 293 g/mol. The first kappa shape index (κ1) is 16.1. The molecule has 2 rings (SSSR count). The summed E-state index contributed by atoms with van der Waals surface area (Å²) >= 11 is 0. The van der Waals surface area contributed by atoms with Crippen molar-refractivity contribution >= 4 is 0 Å². The lowest BCUT2D eigenvalue weighted by molar-refractivity contribution is 0.174. The van der Waals surface area contributed by atoms with Crippen LogP contribution < -0.4 is 14.8 Å². The highest BCUT2D eigenvalue weighted by molar-refractivity contribution is 5.44. The van der Waals surface area contributed by atoms with E-state index in [1.807, 2.05) is 6.07 Å². The number of hydrogen-bond donors (Lipinski definition) is 1. The number of nitrogens with one attached hydrogen (secondary N) is 1. The highest BCUT2D eigenvalue weighted by Gasteiger charge is 2.13. The van der Waals surface area contributed by atoms with E-state index >= 15 is 0 Å². The standard InChI is InChI=1S/C17H27NO3/c1-14(18-10-4-3-5-11-19-2)6-7-15-8-9-16-17(12-15)21-13-20-16/h8-9,12,14,18H,3-7,10-11,13H2,1-2H3. The highest BCUT2D eigenvalue weighted by atomic mass is 16.7. The van der Waals surface area contributed by atoms with Crippen LogP contribution in [0.5, 0.6) is 11.5 Å². The zero-order chi connectivity index (χ0) is 14.9. The molecule has 0 saturated carbocycles. The molecule has 0 aromatic heterocycles. The fourth-order valence-electron chi connectivity index (χ4n) is 2.48. The molecule has 0 saturated heterocycles. The van der Waals surface area contributed by atoms with Crippen molar-refractivity contribution < 1.29 is 14.2 Å². The minimum atomic E-state index is 0.347. The molecule has 0 aliphatic carbocycles. The summed E-state index contributed by atoms with van der Waals surface area (Å²) in [7, 11) is 1.76. The van der Waals surface area contributed by atoms with Crippen LogP contribution in [0.15, 0.2) is 18.2 Å². The number of methoxy groups -OCH3 is 1. The van der Waals surface area contributed by atoms with E-state index in [1.54, 1.807) is 7.11 Å². The molecule has 0 fully saturated rings. The van der Waals surface area contributed by atoms with Crippen molar-refractivity contribution in [2.45, 2.75) is 45.1 Å². The fraction of sp³-hybridized carbons (Fsp3) is 0.647. The van der Waals surface area contributed by atoms with Gasteiger partial charge in [-0.15, -0.1) is 0 Å². The van der Waals surface area contributed by atoms with Gasteiger partial charge in [0.05, 0.1) is 0 Å². The van der Waals surface area contributed by atoms with Gasteiger partial charge >= 0.3 is 0 Å². The lowest BCUT2D eigenvalue weighted by atomic mass is 10.1. The Morgan fingerprint density at radius 2 is 2.05 bits per heavy atom. The molecule has 0 spiro atoms. The van der Waals surface area contributed by atoms with Crippen molar-refractivity contribution in [2.24, 2.45) is 0 Å². The number of fused-ring (bicyclic) bond motifs is 1. The van der Waals surface area contributed by atoms with Crippen molar-refractivity contribution in [1.29, 1.82) is 0 Å². The Kier molecular flexibility index (Phi) is 6.83. The normalized spacial score (nSPS) is 14.4. The van der Waals surface area contributed by atoms with Gasteiger partial charge in [-0.25, -0.2) is 0 Å². The molecular formula is C17H27NO3. The monoisotopic (exact) mass is 293 g/mol. The molecule has 1 heterocycles. The van der Waals surface area contributed by atoms with Gasteiger partial charge in [0.2, 0.25) is 6.79 Å². The predicted octanol–water partition coefficient (Wildman–Crippen LogP) is 3.14. The molecule has 0 bridgehead atoms.